The van der Waals surface area contributed by atoms with Gasteiger partial charge in [0.25, 0.3) is 11.8 Å². The number of aromatic nitrogens is 2. The van der Waals surface area contributed by atoms with Crippen LogP contribution in [-0.4, -0.2) is 83.5 Å². The van der Waals surface area contributed by atoms with Gasteiger partial charge in [-0.3, -0.25) is 19.4 Å². The summed E-state index contributed by atoms with van der Waals surface area (Å²) in [5.74, 6) is -0.217. The van der Waals surface area contributed by atoms with E-state index in [9.17, 15) is 14.4 Å². The van der Waals surface area contributed by atoms with Crippen LogP contribution >= 0.6 is 0 Å². The summed E-state index contributed by atoms with van der Waals surface area (Å²) >= 11 is 0. The smallest absolute Gasteiger partial charge is 0.275 e. The Labute approximate surface area is 191 Å². The third-order valence-corrected chi connectivity index (χ3v) is 5.97. The molecule has 0 radical (unpaired) electrons. The highest BCUT2D eigenvalue weighted by Crippen LogP contribution is 2.32. The highest BCUT2D eigenvalue weighted by atomic mass is 16.5. The van der Waals surface area contributed by atoms with Gasteiger partial charge in [-0.15, -0.1) is 0 Å². The van der Waals surface area contributed by atoms with Crippen molar-refractivity contribution in [3.63, 3.8) is 0 Å². The number of nitrogens with one attached hydrogen (secondary N) is 1. The predicted molar refractivity (Wildman–Crippen MR) is 119 cm³/mol. The molecule has 10 heteroatoms. The summed E-state index contributed by atoms with van der Waals surface area (Å²) in [5, 5.41) is 2.74. The third kappa shape index (κ3) is 4.95. The molecule has 10 nitrogen and oxygen atoms in total. The number of benzene rings is 1. The van der Waals surface area contributed by atoms with E-state index in [0.29, 0.717) is 36.3 Å². The second-order valence-corrected chi connectivity index (χ2v) is 8.42. The highest BCUT2D eigenvalue weighted by molar-refractivity contribution is 6.04. The number of hydrogen-bond donors (Lipinski definition) is 1. The second-order valence-electron chi connectivity index (χ2n) is 8.42. The first-order valence-corrected chi connectivity index (χ1v) is 10.8. The first-order chi connectivity index (χ1) is 15.8. The van der Waals surface area contributed by atoms with Gasteiger partial charge in [0.05, 0.1) is 30.3 Å². The van der Waals surface area contributed by atoms with Crippen molar-refractivity contribution >= 4 is 23.4 Å². The summed E-state index contributed by atoms with van der Waals surface area (Å²) in [6.45, 7) is 0.257. The summed E-state index contributed by atoms with van der Waals surface area (Å²) in [6, 6.07) is 4.75. The fraction of sp³-hybridized carbons (Fsp3) is 0.435. The van der Waals surface area contributed by atoms with Gasteiger partial charge in [0.15, 0.2) is 0 Å². The number of fused-ring (bicyclic) bond motifs is 2. The molecule has 4 rings (SSSR count). The number of likely N-dealkylation sites (N-methyl/N-ethyl adjacent to an activating group) is 1. The first kappa shape index (κ1) is 22.7. The predicted octanol–water partition coefficient (Wildman–Crippen LogP) is 1.59. The van der Waals surface area contributed by atoms with Crippen molar-refractivity contribution < 1.29 is 23.9 Å². The molecule has 3 heterocycles. The summed E-state index contributed by atoms with van der Waals surface area (Å²) in [6.07, 6.45) is 5.44. The summed E-state index contributed by atoms with van der Waals surface area (Å²) in [5.41, 5.74) is 0.986. The molecule has 0 saturated carbocycles. The van der Waals surface area contributed by atoms with Crippen molar-refractivity contribution in [3.05, 3.63) is 48.0 Å². The molecule has 0 bridgehead atoms. The Morgan fingerprint density at radius 2 is 2.06 bits per heavy atom. The van der Waals surface area contributed by atoms with Crippen molar-refractivity contribution in [2.24, 2.45) is 0 Å². The Hall–Kier alpha value is -3.53. The first-order valence-electron chi connectivity index (χ1n) is 10.8. The molecule has 1 aromatic carbocycles. The fourth-order valence-corrected chi connectivity index (χ4v) is 4.09. The molecule has 0 aliphatic carbocycles. The van der Waals surface area contributed by atoms with Crippen LogP contribution in [0.3, 0.4) is 0 Å². The molecule has 0 spiro atoms. The fourth-order valence-electron chi connectivity index (χ4n) is 4.09. The van der Waals surface area contributed by atoms with Gasteiger partial charge < -0.3 is 24.6 Å². The van der Waals surface area contributed by atoms with Crippen LogP contribution in [0.2, 0.25) is 0 Å². The number of anilines is 1. The van der Waals surface area contributed by atoms with E-state index < -0.39 is 5.91 Å². The van der Waals surface area contributed by atoms with Gasteiger partial charge >= 0.3 is 0 Å². The Morgan fingerprint density at radius 1 is 1.24 bits per heavy atom. The number of nitrogens with zero attached hydrogens (tertiary/aromatic N) is 4. The second kappa shape index (κ2) is 9.53. The van der Waals surface area contributed by atoms with E-state index in [1.54, 1.807) is 49.1 Å². The van der Waals surface area contributed by atoms with Crippen LogP contribution in [-0.2, 0) is 9.53 Å². The molecule has 2 aliphatic rings. The Balaban J connectivity index is 1.50. The molecule has 2 aromatic rings. The van der Waals surface area contributed by atoms with Gasteiger partial charge in [-0.1, -0.05) is 0 Å². The molecule has 3 atom stereocenters. The maximum absolute atomic E-state index is 13.3. The monoisotopic (exact) mass is 453 g/mol. The molecule has 33 heavy (non-hydrogen) atoms. The summed E-state index contributed by atoms with van der Waals surface area (Å²) in [7, 11) is 5.19. The number of carbonyl (C=O) groups is 3. The summed E-state index contributed by atoms with van der Waals surface area (Å²) in [4.78, 5) is 48.9. The lowest BCUT2D eigenvalue weighted by Crippen LogP contribution is -2.53. The molecular formula is C23H27N5O5. The van der Waals surface area contributed by atoms with Crippen LogP contribution < -0.4 is 10.1 Å². The van der Waals surface area contributed by atoms with Gasteiger partial charge in [-0.25, -0.2) is 4.98 Å². The highest BCUT2D eigenvalue weighted by Gasteiger charge is 2.39. The van der Waals surface area contributed by atoms with Gasteiger partial charge in [-0.05, 0) is 31.0 Å². The maximum atomic E-state index is 13.3. The normalized spacial score (nSPS) is 22.2. The average molecular weight is 453 g/mol. The minimum absolute atomic E-state index is 0.0102. The molecule has 1 N–H and O–H groups in total. The van der Waals surface area contributed by atoms with Crippen LogP contribution in [0, 0.1) is 0 Å². The number of carbonyl (C=O) groups excluding carboxylic acids is 3. The van der Waals surface area contributed by atoms with E-state index in [0.717, 1.165) is 0 Å². The number of rotatable bonds is 4. The third-order valence-electron chi connectivity index (χ3n) is 5.97. The number of ether oxygens (including phenoxy) is 2. The zero-order chi connectivity index (χ0) is 23.5. The van der Waals surface area contributed by atoms with Crippen LogP contribution in [0.1, 0.15) is 40.1 Å². The minimum atomic E-state index is -0.422. The summed E-state index contributed by atoms with van der Waals surface area (Å²) < 4.78 is 12.1. The SMILES string of the molecule is CN(C)C(=O)C[C@H]1CC[C@@H]2[C@@H](COc3ccc(NC(=O)c4cnccn4)cc3C(=O)N2C)O1. The van der Waals surface area contributed by atoms with E-state index in [-0.39, 0.29) is 42.4 Å². The molecule has 0 unspecified atom stereocenters. The van der Waals surface area contributed by atoms with E-state index in [2.05, 4.69) is 15.3 Å². The lowest BCUT2D eigenvalue weighted by Gasteiger charge is -2.42. The Bertz CT molecular complexity index is 1040. The number of amides is 3. The topological polar surface area (TPSA) is 114 Å². The molecule has 174 valence electrons. The molecule has 3 amide bonds. The molecule has 1 fully saturated rings. The molecular weight excluding hydrogens is 426 g/mol. The Morgan fingerprint density at radius 3 is 2.79 bits per heavy atom. The van der Waals surface area contributed by atoms with E-state index in [4.69, 9.17) is 9.47 Å². The Kier molecular flexibility index (Phi) is 6.55. The zero-order valence-electron chi connectivity index (χ0n) is 18.9. The van der Waals surface area contributed by atoms with E-state index in [1.165, 1.54) is 18.6 Å². The van der Waals surface area contributed by atoms with Gasteiger partial charge in [0, 0.05) is 39.2 Å². The van der Waals surface area contributed by atoms with Crippen LogP contribution in [0.4, 0.5) is 5.69 Å². The lowest BCUT2D eigenvalue weighted by atomic mass is 9.94. The van der Waals surface area contributed by atoms with Crippen LogP contribution in [0.25, 0.3) is 0 Å². The molecule has 1 aromatic heterocycles. The van der Waals surface area contributed by atoms with Gasteiger partial charge in [0.1, 0.15) is 24.2 Å². The zero-order valence-corrected chi connectivity index (χ0v) is 18.9. The van der Waals surface area contributed by atoms with Crippen molar-refractivity contribution in [2.45, 2.75) is 37.5 Å². The van der Waals surface area contributed by atoms with Gasteiger partial charge in [0.2, 0.25) is 5.91 Å². The van der Waals surface area contributed by atoms with Crippen molar-refractivity contribution in [1.29, 1.82) is 0 Å². The lowest BCUT2D eigenvalue weighted by molar-refractivity contribution is -0.140. The van der Waals surface area contributed by atoms with Crippen molar-refractivity contribution in [3.8, 4) is 5.75 Å². The van der Waals surface area contributed by atoms with Crippen LogP contribution in [0.5, 0.6) is 5.75 Å². The van der Waals surface area contributed by atoms with Crippen LogP contribution in [0.15, 0.2) is 36.8 Å². The molecule has 2 aliphatic heterocycles. The molecule has 1 saturated heterocycles. The largest absolute Gasteiger partial charge is 0.490 e. The minimum Gasteiger partial charge on any atom is -0.490 e. The van der Waals surface area contributed by atoms with E-state index >= 15 is 0 Å². The van der Waals surface area contributed by atoms with E-state index in [1.807, 2.05) is 0 Å². The quantitative estimate of drug-likeness (QED) is 0.748. The number of hydrogen-bond acceptors (Lipinski definition) is 7. The maximum Gasteiger partial charge on any atom is 0.275 e. The van der Waals surface area contributed by atoms with Gasteiger partial charge in [-0.2, -0.15) is 0 Å². The van der Waals surface area contributed by atoms with Crippen molar-refractivity contribution in [2.75, 3.05) is 33.1 Å². The standard InChI is InChI=1S/C23H27N5O5/c1-27(2)21(29)11-15-5-6-18-20(33-15)13-32-19-7-4-14(10-16(19)23(31)28(18)3)26-22(30)17-12-24-8-9-25-17/h4,7-10,12,15,18,20H,5-6,11,13H2,1-3H3,(H,26,30)/t15-,18-,20-/m1/s1. The van der Waals surface area contributed by atoms with Crippen molar-refractivity contribution in [1.82, 2.24) is 19.8 Å². The average Bonchev–Trinajstić information content (AvgIpc) is 2.82.